The normalized spacial score (nSPS) is 24.5. The van der Waals surface area contributed by atoms with Gasteiger partial charge in [-0.2, -0.15) is 0 Å². The first-order chi connectivity index (χ1) is 13.7. The van der Waals surface area contributed by atoms with Crippen LogP contribution in [-0.4, -0.2) is 69.2 Å². The van der Waals surface area contributed by atoms with E-state index in [2.05, 4.69) is 15.5 Å². The molecule has 1 aromatic rings. The number of nitrogens with zero attached hydrogens (tertiary/aromatic N) is 4. The van der Waals surface area contributed by atoms with E-state index in [1.807, 2.05) is 16.4 Å². The van der Waals surface area contributed by atoms with E-state index in [1.54, 1.807) is 6.92 Å². The van der Waals surface area contributed by atoms with E-state index in [-0.39, 0.29) is 29.1 Å². The van der Waals surface area contributed by atoms with Gasteiger partial charge in [-0.05, 0) is 33.1 Å². The average molecular weight is 444 g/mol. The highest BCUT2D eigenvalue weighted by Gasteiger charge is 2.39. The van der Waals surface area contributed by atoms with Crippen LogP contribution in [0.5, 0.6) is 0 Å². The lowest BCUT2D eigenvalue weighted by atomic mass is 10.0. The Bertz CT molecular complexity index is 870. The van der Waals surface area contributed by atoms with Crippen LogP contribution >= 0.6 is 11.8 Å². The van der Waals surface area contributed by atoms with Crippen molar-refractivity contribution in [3.8, 4) is 0 Å². The Morgan fingerprint density at radius 3 is 2.76 bits per heavy atom. The minimum absolute atomic E-state index is 0.0183. The predicted octanol–water partition coefficient (Wildman–Crippen LogP) is 0.986. The second-order valence-electron chi connectivity index (χ2n) is 8.01. The van der Waals surface area contributed by atoms with Crippen LogP contribution in [0.25, 0.3) is 0 Å². The van der Waals surface area contributed by atoms with Crippen molar-refractivity contribution in [2.75, 3.05) is 23.8 Å². The van der Waals surface area contributed by atoms with Gasteiger partial charge in [0.05, 0.1) is 29.3 Å². The van der Waals surface area contributed by atoms with Crippen molar-refractivity contribution in [2.24, 2.45) is 0 Å². The highest BCUT2D eigenvalue weighted by Crippen LogP contribution is 2.24. The number of carbonyl (C=O) groups excluding carboxylic acids is 2. The third kappa shape index (κ3) is 5.71. The number of thioether (sulfide) groups is 1. The first-order valence-electron chi connectivity index (χ1n) is 10.1. The van der Waals surface area contributed by atoms with Gasteiger partial charge in [0.1, 0.15) is 0 Å². The molecule has 1 aromatic heterocycles. The van der Waals surface area contributed by atoms with Crippen molar-refractivity contribution in [1.29, 1.82) is 0 Å². The molecule has 2 fully saturated rings. The summed E-state index contributed by atoms with van der Waals surface area (Å²) in [6, 6.07) is 0. The molecule has 0 radical (unpaired) electrons. The summed E-state index contributed by atoms with van der Waals surface area (Å²) in [5, 5.41) is 11.9. The van der Waals surface area contributed by atoms with Crippen LogP contribution in [0.1, 0.15) is 51.8 Å². The molecule has 2 aliphatic rings. The van der Waals surface area contributed by atoms with E-state index >= 15 is 0 Å². The van der Waals surface area contributed by atoms with Crippen molar-refractivity contribution < 1.29 is 18.0 Å². The Morgan fingerprint density at radius 2 is 2.07 bits per heavy atom. The molecule has 162 valence electrons. The summed E-state index contributed by atoms with van der Waals surface area (Å²) < 4.78 is 25.3. The van der Waals surface area contributed by atoms with Gasteiger partial charge in [0.15, 0.2) is 20.8 Å². The second kappa shape index (κ2) is 9.03. The number of carbonyl (C=O) groups is 2. The Kier molecular flexibility index (Phi) is 6.87. The molecule has 9 nitrogen and oxygen atoms in total. The number of hydrogen-bond acceptors (Lipinski definition) is 7. The fraction of sp³-hybridized carbons (Fsp3) is 0.778. The molecule has 11 heteroatoms. The molecule has 2 aliphatic heterocycles. The smallest absolute Gasteiger partial charge is 0.230 e. The van der Waals surface area contributed by atoms with Gasteiger partial charge < -0.3 is 14.8 Å². The lowest BCUT2D eigenvalue weighted by molar-refractivity contribution is -0.131. The van der Waals surface area contributed by atoms with E-state index in [0.29, 0.717) is 31.1 Å². The molecular formula is C18H29N5O4S2. The summed E-state index contributed by atoms with van der Waals surface area (Å²) >= 11 is 1.27. The quantitative estimate of drug-likeness (QED) is 0.625. The van der Waals surface area contributed by atoms with Crippen LogP contribution in [0.4, 0.5) is 0 Å². The number of hydrogen-bond donors (Lipinski definition) is 1. The van der Waals surface area contributed by atoms with Gasteiger partial charge in [-0.15, -0.1) is 10.2 Å². The monoisotopic (exact) mass is 443 g/mol. The number of sulfone groups is 1. The molecular weight excluding hydrogens is 414 g/mol. The Morgan fingerprint density at radius 1 is 1.28 bits per heavy atom. The number of nitrogens with one attached hydrogen (secondary N) is 1. The maximum atomic E-state index is 12.4. The van der Waals surface area contributed by atoms with E-state index in [0.717, 1.165) is 31.6 Å². The Balaban J connectivity index is 1.58. The molecule has 0 spiro atoms. The zero-order valence-electron chi connectivity index (χ0n) is 17.0. The van der Waals surface area contributed by atoms with Gasteiger partial charge in [-0.1, -0.05) is 18.2 Å². The molecule has 1 N–H and O–H groups in total. The molecule has 29 heavy (non-hydrogen) atoms. The fourth-order valence-corrected chi connectivity index (χ4v) is 6.76. The molecule has 0 aliphatic carbocycles. The molecule has 0 aromatic carbocycles. The maximum absolute atomic E-state index is 12.4. The summed E-state index contributed by atoms with van der Waals surface area (Å²) in [7, 11) is -3.08. The van der Waals surface area contributed by atoms with Crippen LogP contribution < -0.4 is 5.32 Å². The minimum atomic E-state index is -3.08. The van der Waals surface area contributed by atoms with Crippen molar-refractivity contribution >= 4 is 33.4 Å². The van der Waals surface area contributed by atoms with Crippen molar-refractivity contribution in [3.05, 3.63) is 5.82 Å². The first-order valence-corrected chi connectivity index (χ1v) is 12.9. The largest absolute Gasteiger partial charge is 0.349 e. The van der Waals surface area contributed by atoms with Gasteiger partial charge in [0, 0.05) is 19.5 Å². The molecule has 2 amide bonds. The highest BCUT2D eigenvalue weighted by atomic mass is 32.2. The predicted molar refractivity (Wildman–Crippen MR) is 110 cm³/mol. The molecule has 1 atom stereocenters. The summed E-state index contributed by atoms with van der Waals surface area (Å²) in [6.45, 7) is 5.56. The summed E-state index contributed by atoms with van der Waals surface area (Å²) in [5.41, 5.74) is -0.701. The summed E-state index contributed by atoms with van der Waals surface area (Å²) in [6.07, 6.45) is 4.02. The summed E-state index contributed by atoms with van der Waals surface area (Å²) in [5.74, 6) is 0.886. The lowest BCUT2D eigenvalue weighted by Gasteiger charge is -2.23. The van der Waals surface area contributed by atoms with Gasteiger partial charge in [-0.3, -0.25) is 9.59 Å². The van der Waals surface area contributed by atoms with Gasteiger partial charge in [-0.25, -0.2) is 8.42 Å². The fourth-order valence-electron chi connectivity index (χ4n) is 3.85. The minimum Gasteiger partial charge on any atom is -0.349 e. The van der Waals surface area contributed by atoms with Crippen LogP contribution in [0.2, 0.25) is 0 Å². The third-order valence-corrected chi connectivity index (χ3v) is 8.26. The molecule has 0 bridgehead atoms. The van der Waals surface area contributed by atoms with Gasteiger partial charge >= 0.3 is 0 Å². The Labute approximate surface area is 175 Å². The number of amides is 2. The summed E-state index contributed by atoms with van der Waals surface area (Å²) in [4.78, 5) is 26.4. The number of rotatable bonds is 7. The average Bonchev–Trinajstić information content (AvgIpc) is 3.08. The topological polar surface area (TPSA) is 114 Å². The van der Waals surface area contributed by atoms with Crippen LogP contribution in [-0.2, 0) is 32.5 Å². The maximum Gasteiger partial charge on any atom is 0.230 e. The SMILES string of the molecule is CCn1c(CN2CCCCCC2=O)nnc1SCC(=O)NC1(C)CCS(=O)(=O)C1. The van der Waals surface area contributed by atoms with Gasteiger partial charge in [0.25, 0.3) is 0 Å². The van der Waals surface area contributed by atoms with Crippen LogP contribution in [0.15, 0.2) is 5.16 Å². The van der Waals surface area contributed by atoms with Crippen molar-refractivity contribution in [3.63, 3.8) is 0 Å². The van der Waals surface area contributed by atoms with E-state index in [4.69, 9.17) is 0 Å². The molecule has 3 rings (SSSR count). The van der Waals surface area contributed by atoms with Crippen molar-refractivity contribution in [1.82, 2.24) is 25.0 Å². The molecule has 2 saturated heterocycles. The molecule has 1 unspecified atom stereocenters. The zero-order chi connectivity index (χ0) is 21.1. The van der Waals surface area contributed by atoms with E-state index in [1.165, 1.54) is 11.8 Å². The number of aromatic nitrogens is 3. The van der Waals surface area contributed by atoms with Crippen LogP contribution in [0, 0.1) is 0 Å². The Hall–Kier alpha value is -1.62. The highest BCUT2D eigenvalue weighted by molar-refractivity contribution is 7.99. The van der Waals surface area contributed by atoms with Gasteiger partial charge in [0.2, 0.25) is 11.8 Å². The molecule has 0 saturated carbocycles. The van der Waals surface area contributed by atoms with E-state index < -0.39 is 15.4 Å². The first kappa shape index (κ1) is 22.1. The zero-order valence-corrected chi connectivity index (χ0v) is 18.6. The van der Waals surface area contributed by atoms with Crippen LogP contribution in [0.3, 0.4) is 0 Å². The second-order valence-corrected chi connectivity index (χ2v) is 11.1. The standard InChI is InChI=1S/C18H29N5O4S2/c1-3-23-14(11-22-9-6-4-5-7-16(22)25)20-21-17(23)28-12-15(24)19-18(2)8-10-29(26,27)13-18/h3-13H2,1-2H3,(H,19,24). The van der Waals surface area contributed by atoms with E-state index in [9.17, 15) is 18.0 Å². The molecule has 3 heterocycles. The third-order valence-electron chi connectivity index (χ3n) is 5.39. The lowest BCUT2D eigenvalue weighted by Crippen LogP contribution is -2.47. The number of likely N-dealkylation sites (tertiary alicyclic amines) is 1. The van der Waals surface area contributed by atoms with Crippen molar-refractivity contribution in [2.45, 2.75) is 69.7 Å².